The second kappa shape index (κ2) is 6.69. The van der Waals surface area contributed by atoms with Crippen LogP contribution < -0.4 is 15.4 Å². The van der Waals surface area contributed by atoms with Gasteiger partial charge in [-0.2, -0.15) is 0 Å². The second-order valence-electron chi connectivity index (χ2n) is 7.18. The Labute approximate surface area is 129 Å². The average molecular weight is 290 g/mol. The fourth-order valence-corrected chi connectivity index (χ4v) is 3.34. The highest BCUT2D eigenvalue weighted by molar-refractivity contribution is 5.57. The lowest BCUT2D eigenvalue weighted by Gasteiger charge is -2.30. The SMILES string of the molecule is COc1ccc(CN)c(N2CCCC(C(C)(C)C)CC2)c1. The molecule has 1 aromatic carbocycles. The largest absolute Gasteiger partial charge is 0.497 e. The van der Waals surface area contributed by atoms with E-state index in [9.17, 15) is 0 Å². The van der Waals surface area contributed by atoms with E-state index in [2.05, 4.69) is 37.8 Å². The standard InChI is InChI=1S/C18H30N2O/c1-18(2,3)15-6-5-10-20(11-9-15)17-12-16(21-4)8-7-14(17)13-19/h7-8,12,15H,5-6,9-11,13,19H2,1-4H3. The monoisotopic (exact) mass is 290 g/mol. The molecule has 21 heavy (non-hydrogen) atoms. The van der Waals surface area contributed by atoms with Crippen molar-refractivity contribution in [3.63, 3.8) is 0 Å². The zero-order valence-electron chi connectivity index (χ0n) is 14.0. The third-order valence-corrected chi connectivity index (χ3v) is 4.81. The van der Waals surface area contributed by atoms with E-state index in [0.29, 0.717) is 12.0 Å². The minimum absolute atomic E-state index is 0.404. The van der Waals surface area contributed by atoms with Crippen LogP contribution in [0.15, 0.2) is 18.2 Å². The maximum atomic E-state index is 5.92. The van der Waals surface area contributed by atoms with Crippen LogP contribution in [0, 0.1) is 11.3 Å². The number of methoxy groups -OCH3 is 1. The quantitative estimate of drug-likeness (QED) is 0.920. The van der Waals surface area contributed by atoms with Gasteiger partial charge in [0.1, 0.15) is 5.75 Å². The van der Waals surface area contributed by atoms with Crippen LogP contribution in [0.2, 0.25) is 0 Å². The van der Waals surface area contributed by atoms with Gasteiger partial charge in [-0.15, -0.1) is 0 Å². The third-order valence-electron chi connectivity index (χ3n) is 4.81. The van der Waals surface area contributed by atoms with Gasteiger partial charge in [-0.3, -0.25) is 0 Å². The number of hydrogen-bond acceptors (Lipinski definition) is 3. The van der Waals surface area contributed by atoms with E-state index < -0.39 is 0 Å². The van der Waals surface area contributed by atoms with E-state index in [-0.39, 0.29) is 0 Å². The molecule has 0 aliphatic carbocycles. The summed E-state index contributed by atoms with van der Waals surface area (Å²) in [5.41, 5.74) is 8.79. The van der Waals surface area contributed by atoms with Crippen LogP contribution in [0.3, 0.4) is 0 Å². The summed E-state index contributed by atoms with van der Waals surface area (Å²) >= 11 is 0. The lowest BCUT2D eigenvalue weighted by atomic mass is 9.77. The average Bonchev–Trinajstić information content (AvgIpc) is 2.72. The van der Waals surface area contributed by atoms with E-state index in [0.717, 1.165) is 24.8 Å². The Kier molecular flexibility index (Phi) is 5.15. The van der Waals surface area contributed by atoms with Gasteiger partial charge in [0.25, 0.3) is 0 Å². The molecule has 0 saturated carbocycles. The van der Waals surface area contributed by atoms with Crippen molar-refractivity contribution in [1.82, 2.24) is 0 Å². The van der Waals surface area contributed by atoms with Crippen molar-refractivity contribution >= 4 is 5.69 Å². The minimum atomic E-state index is 0.404. The molecule has 0 radical (unpaired) electrons. The Balaban J connectivity index is 2.18. The Morgan fingerprint density at radius 2 is 2.00 bits per heavy atom. The van der Waals surface area contributed by atoms with Crippen LogP contribution in [0.1, 0.15) is 45.6 Å². The van der Waals surface area contributed by atoms with Crippen molar-refractivity contribution in [1.29, 1.82) is 0 Å². The summed E-state index contributed by atoms with van der Waals surface area (Å²) < 4.78 is 5.38. The lowest BCUT2D eigenvalue weighted by molar-refractivity contribution is 0.220. The number of benzene rings is 1. The normalized spacial score (nSPS) is 20.2. The van der Waals surface area contributed by atoms with Gasteiger partial charge in [0.2, 0.25) is 0 Å². The van der Waals surface area contributed by atoms with Crippen molar-refractivity contribution in [3.05, 3.63) is 23.8 Å². The van der Waals surface area contributed by atoms with Gasteiger partial charge in [-0.1, -0.05) is 26.8 Å². The highest BCUT2D eigenvalue weighted by Gasteiger charge is 2.27. The van der Waals surface area contributed by atoms with E-state index in [1.54, 1.807) is 7.11 Å². The van der Waals surface area contributed by atoms with E-state index in [4.69, 9.17) is 10.5 Å². The summed E-state index contributed by atoms with van der Waals surface area (Å²) in [7, 11) is 1.72. The van der Waals surface area contributed by atoms with Crippen LogP contribution in [0.4, 0.5) is 5.69 Å². The molecule has 1 fully saturated rings. The molecule has 0 spiro atoms. The maximum Gasteiger partial charge on any atom is 0.120 e. The molecule has 3 nitrogen and oxygen atoms in total. The first-order chi connectivity index (χ1) is 9.95. The third kappa shape index (κ3) is 3.91. The van der Waals surface area contributed by atoms with Gasteiger partial charge in [0, 0.05) is 31.4 Å². The first-order valence-corrected chi connectivity index (χ1v) is 8.07. The van der Waals surface area contributed by atoms with Gasteiger partial charge in [0.15, 0.2) is 0 Å². The predicted octanol–water partition coefficient (Wildman–Crippen LogP) is 3.81. The summed E-state index contributed by atoms with van der Waals surface area (Å²) in [6, 6.07) is 6.24. The molecule has 0 amide bonds. The molecular weight excluding hydrogens is 260 g/mol. The van der Waals surface area contributed by atoms with Crippen LogP contribution in [0.5, 0.6) is 5.75 Å². The maximum absolute atomic E-state index is 5.92. The molecule has 0 bridgehead atoms. The molecule has 2 rings (SSSR count). The number of nitrogens with two attached hydrogens (primary N) is 1. The highest BCUT2D eigenvalue weighted by atomic mass is 16.5. The molecule has 1 aliphatic rings. The minimum Gasteiger partial charge on any atom is -0.497 e. The van der Waals surface area contributed by atoms with Crippen molar-refractivity contribution in [2.75, 3.05) is 25.1 Å². The van der Waals surface area contributed by atoms with Crippen molar-refractivity contribution < 1.29 is 4.74 Å². The zero-order valence-corrected chi connectivity index (χ0v) is 14.0. The summed E-state index contributed by atoms with van der Waals surface area (Å²) in [4.78, 5) is 2.50. The molecule has 3 heteroatoms. The molecule has 118 valence electrons. The van der Waals surface area contributed by atoms with Crippen LogP contribution >= 0.6 is 0 Å². The fourth-order valence-electron chi connectivity index (χ4n) is 3.34. The van der Waals surface area contributed by atoms with Gasteiger partial charge < -0.3 is 15.4 Å². The highest BCUT2D eigenvalue weighted by Crippen LogP contribution is 2.36. The summed E-state index contributed by atoms with van der Waals surface area (Å²) in [6.07, 6.45) is 3.83. The molecule has 1 aromatic rings. The van der Waals surface area contributed by atoms with E-state index in [1.165, 1.54) is 30.5 Å². The van der Waals surface area contributed by atoms with Crippen molar-refractivity contribution in [3.8, 4) is 5.75 Å². The summed E-state index contributed by atoms with van der Waals surface area (Å²) in [5.74, 6) is 1.72. The molecular formula is C18H30N2O. The topological polar surface area (TPSA) is 38.5 Å². The molecule has 1 unspecified atom stereocenters. The number of rotatable bonds is 3. The first-order valence-electron chi connectivity index (χ1n) is 8.07. The number of anilines is 1. The number of ether oxygens (including phenoxy) is 1. The Bertz CT molecular complexity index is 465. The Morgan fingerprint density at radius 1 is 1.24 bits per heavy atom. The summed E-state index contributed by atoms with van der Waals surface area (Å²) in [5, 5.41) is 0. The van der Waals surface area contributed by atoms with Crippen molar-refractivity contribution in [2.45, 2.75) is 46.6 Å². The lowest BCUT2D eigenvalue weighted by Crippen LogP contribution is -2.27. The van der Waals surface area contributed by atoms with Gasteiger partial charge in [-0.25, -0.2) is 0 Å². The first kappa shape index (κ1) is 16.2. The van der Waals surface area contributed by atoms with E-state index in [1.807, 2.05) is 6.07 Å². The smallest absolute Gasteiger partial charge is 0.120 e. The molecule has 1 heterocycles. The van der Waals surface area contributed by atoms with E-state index >= 15 is 0 Å². The van der Waals surface area contributed by atoms with Gasteiger partial charge in [-0.05, 0) is 42.2 Å². The Morgan fingerprint density at radius 3 is 2.62 bits per heavy atom. The Hall–Kier alpha value is -1.22. The second-order valence-corrected chi connectivity index (χ2v) is 7.18. The van der Waals surface area contributed by atoms with Crippen LogP contribution in [-0.4, -0.2) is 20.2 Å². The molecule has 2 N–H and O–H groups in total. The van der Waals surface area contributed by atoms with Gasteiger partial charge >= 0.3 is 0 Å². The van der Waals surface area contributed by atoms with Crippen molar-refractivity contribution in [2.24, 2.45) is 17.1 Å². The summed E-state index contributed by atoms with van der Waals surface area (Å²) in [6.45, 7) is 9.91. The fraction of sp³-hybridized carbons (Fsp3) is 0.667. The molecule has 1 atom stereocenters. The predicted molar refractivity (Wildman–Crippen MR) is 89.9 cm³/mol. The number of nitrogens with zero attached hydrogens (tertiary/aromatic N) is 1. The molecule has 1 aliphatic heterocycles. The van der Waals surface area contributed by atoms with Crippen LogP contribution in [0.25, 0.3) is 0 Å². The molecule has 0 aromatic heterocycles. The number of hydrogen-bond donors (Lipinski definition) is 1. The van der Waals surface area contributed by atoms with Crippen LogP contribution in [-0.2, 0) is 6.54 Å². The van der Waals surface area contributed by atoms with Gasteiger partial charge in [0.05, 0.1) is 7.11 Å². The molecule has 1 saturated heterocycles. The zero-order chi connectivity index (χ0) is 15.5.